The van der Waals surface area contributed by atoms with E-state index in [-0.39, 0.29) is 0 Å². The minimum Gasteiger partial charge on any atom is -0.391 e. The highest BCUT2D eigenvalue weighted by Gasteiger charge is 2.31. The summed E-state index contributed by atoms with van der Waals surface area (Å²) in [6, 6.07) is 8.84. The second-order valence-corrected chi connectivity index (χ2v) is 7.78. The molecule has 1 nitrogen and oxygen atoms in total. The Morgan fingerprint density at radius 3 is 3.10 bits per heavy atom. The van der Waals surface area contributed by atoms with E-state index in [0.29, 0.717) is 5.92 Å². The molecule has 0 saturated heterocycles. The molecule has 1 aromatic carbocycles. The minimum absolute atomic E-state index is 0.674. The zero-order valence-corrected chi connectivity index (χ0v) is 13.1. The number of fused-ring (bicyclic) bond motifs is 3. The molecule has 0 aromatic heterocycles. The van der Waals surface area contributed by atoms with Crippen LogP contribution in [0.15, 0.2) is 56.8 Å². The van der Waals surface area contributed by atoms with Crippen LogP contribution in [0.5, 0.6) is 0 Å². The zero-order chi connectivity index (χ0) is 13.5. The Hall–Kier alpha value is -1.06. The van der Waals surface area contributed by atoms with Gasteiger partial charge in [0.2, 0.25) is 0 Å². The topological polar surface area (TPSA) is 12.0 Å². The van der Waals surface area contributed by atoms with Crippen LogP contribution in [0.2, 0.25) is 0 Å². The number of nitrogens with one attached hydrogen (secondary N) is 1. The lowest BCUT2D eigenvalue weighted by Crippen LogP contribution is -2.08. The Labute approximate surface area is 128 Å². The summed E-state index contributed by atoms with van der Waals surface area (Å²) in [6.45, 7) is 3.41. The molecule has 1 atom stereocenters. The van der Waals surface area contributed by atoms with E-state index in [0.717, 1.165) is 13.0 Å². The highest BCUT2D eigenvalue weighted by Crippen LogP contribution is 2.53. The number of hydrogen-bond donors (Lipinski definition) is 1. The third-order valence-corrected chi connectivity index (χ3v) is 6.83. The molecule has 1 aromatic rings. The maximum atomic E-state index is 3.39. The van der Waals surface area contributed by atoms with Crippen LogP contribution in [0.25, 0.3) is 5.57 Å². The number of rotatable bonds is 0. The fraction of sp³-hybridized carbons (Fsp3) is 0.294. The molecule has 0 aliphatic carbocycles. The highest BCUT2D eigenvalue weighted by molar-refractivity contribution is 8.22. The van der Waals surface area contributed by atoms with Crippen molar-refractivity contribution >= 4 is 29.1 Å². The van der Waals surface area contributed by atoms with Crippen molar-refractivity contribution in [1.29, 1.82) is 0 Å². The van der Waals surface area contributed by atoms with Crippen LogP contribution in [-0.2, 0) is 0 Å². The van der Waals surface area contributed by atoms with E-state index in [2.05, 4.69) is 48.8 Å². The van der Waals surface area contributed by atoms with Crippen LogP contribution in [-0.4, -0.2) is 12.3 Å². The van der Waals surface area contributed by atoms with Crippen LogP contribution in [0.1, 0.15) is 18.9 Å². The molecule has 3 heteroatoms. The standard InChI is InChI=1S/C17H17NS2/c1-11-10-19-17-16(11)14-7-9-18-8-6-12(14)13-4-2-3-5-15(13)20-17/h2-6,8,11,18H,7,9-10H2,1H3. The van der Waals surface area contributed by atoms with E-state index in [1.54, 1.807) is 11.1 Å². The predicted molar refractivity (Wildman–Crippen MR) is 89.6 cm³/mol. The third kappa shape index (κ3) is 1.95. The van der Waals surface area contributed by atoms with Gasteiger partial charge < -0.3 is 5.32 Å². The summed E-state index contributed by atoms with van der Waals surface area (Å²) in [7, 11) is 0. The molecule has 1 unspecified atom stereocenters. The van der Waals surface area contributed by atoms with Crippen LogP contribution in [0.3, 0.4) is 0 Å². The van der Waals surface area contributed by atoms with Crippen molar-refractivity contribution in [2.24, 2.45) is 5.92 Å². The van der Waals surface area contributed by atoms with Gasteiger partial charge in [-0.3, -0.25) is 0 Å². The molecule has 1 N–H and O–H groups in total. The molecule has 0 saturated carbocycles. The Morgan fingerprint density at radius 2 is 2.15 bits per heavy atom. The molecule has 20 heavy (non-hydrogen) atoms. The van der Waals surface area contributed by atoms with E-state index < -0.39 is 0 Å². The molecule has 0 bridgehead atoms. The SMILES string of the molecule is CC1CSC2=C1C1=C(C=CNCC1)c1ccccc1S2. The second kappa shape index (κ2) is 5.05. The first-order valence-corrected chi connectivity index (χ1v) is 8.92. The minimum atomic E-state index is 0.674. The van der Waals surface area contributed by atoms with Crippen LogP contribution < -0.4 is 5.32 Å². The zero-order valence-electron chi connectivity index (χ0n) is 11.5. The van der Waals surface area contributed by atoms with Crippen molar-refractivity contribution in [3.63, 3.8) is 0 Å². The van der Waals surface area contributed by atoms with Crippen molar-refractivity contribution < 1.29 is 0 Å². The van der Waals surface area contributed by atoms with Gasteiger partial charge in [-0.1, -0.05) is 36.9 Å². The normalized spacial score (nSPS) is 24.6. The van der Waals surface area contributed by atoms with Crippen molar-refractivity contribution in [3.05, 3.63) is 57.5 Å². The average molecular weight is 299 g/mol. The number of benzene rings is 1. The lowest BCUT2D eigenvalue weighted by Gasteiger charge is -2.15. The number of allylic oxidation sites excluding steroid dienone is 3. The molecule has 0 radical (unpaired) electrons. The van der Waals surface area contributed by atoms with Gasteiger partial charge in [0.1, 0.15) is 0 Å². The molecular weight excluding hydrogens is 282 g/mol. The van der Waals surface area contributed by atoms with Gasteiger partial charge in [-0.05, 0) is 53.0 Å². The summed E-state index contributed by atoms with van der Waals surface area (Å²) in [5, 5.41) is 3.39. The molecule has 3 heterocycles. The summed E-state index contributed by atoms with van der Waals surface area (Å²) in [5.41, 5.74) is 6.00. The van der Waals surface area contributed by atoms with Gasteiger partial charge in [0, 0.05) is 21.4 Å². The van der Waals surface area contributed by atoms with E-state index in [1.165, 1.54) is 26.0 Å². The molecule has 4 rings (SSSR count). The fourth-order valence-corrected chi connectivity index (χ4v) is 5.96. The fourth-order valence-electron chi connectivity index (χ4n) is 3.14. The van der Waals surface area contributed by atoms with Gasteiger partial charge in [0.05, 0.1) is 0 Å². The largest absolute Gasteiger partial charge is 0.391 e. The number of hydrogen-bond acceptors (Lipinski definition) is 3. The van der Waals surface area contributed by atoms with Crippen molar-refractivity contribution in [2.75, 3.05) is 12.3 Å². The second-order valence-electron chi connectivity index (χ2n) is 5.44. The summed E-state index contributed by atoms with van der Waals surface area (Å²) in [5.74, 6) is 1.90. The first-order chi connectivity index (χ1) is 9.84. The van der Waals surface area contributed by atoms with Crippen molar-refractivity contribution in [1.82, 2.24) is 5.32 Å². The first-order valence-electron chi connectivity index (χ1n) is 7.12. The Morgan fingerprint density at radius 1 is 1.25 bits per heavy atom. The van der Waals surface area contributed by atoms with Crippen molar-refractivity contribution in [3.8, 4) is 0 Å². The van der Waals surface area contributed by atoms with Gasteiger partial charge in [-0.25, -0.2) is 0 Å². The van der Waals surface area contributed by atoms with E-state index in [1.807, 2.05) is 23.5 Å². The maximum absolute atomic E-state index is 3.39. The molecule has 0 spiro atoms. The molecule has 3 aliphatic heterocycles. The van der Waals surface area contributed by atoms with Crippen LogP contribution in [0, 0.1) is 5.92 Å². The van der Waals surface area contributed by atoms with Gasteiger partial charge in [-0.2, -0.15) is 0 Å². The van der Waals surface area contributed by atoms with Crippen molar-refractivity contribution in [2.45, 2.75) is 18.2 Å². The number of thioether (sulfide) groups is 2. The van der Waals surface area contributed by atoms with E-state index in [4.69, 9.17) is 0 Å². The first kappa shape index (κ1) is 12.7. The third-order valence-electron chi connectivity index (χ3n) is 4.09. The molecule has 0 fully saturated rings. The van der Waals surface area contributed by atoms with Gasteiger partial charge in [0.15, 0.2) is 0 Å². The predicted octanol–water partition coefficient (Wildman–Crippen LogP) is 4.65. The van der Waals surface area contributed by atoms with Gasteiger partial charge >= 0.3 is 0 Å². The molecule has 0 amide bonds. The quantitative estimate of drug-likeness (QED) is 0.749. The van der Waals surface area contributed by atoms with Crippen LogP contribution >= 0.6 is 23.5 Å². The molecular formula is C17H17NS2. The maximum Gasteiger partial charge on any atom is 0.0488 e. The van der Waals surface area contributed by atoms with E-state index >= 15 is 0 Å². The summed E-state index contributed by atoms with van der Waals surface area (Å²) < 4.78 is 1.53. The van der Waals surface area contributed by atoms with Gasteiger partial charge in [-0.15, -0.1) is 11.8 Å². The summed E-state index contributed by atoms with van der Waals surface area (Å²) >= 11 is 4.01. The monoisotopic (exact) mass is 299 g/mol. The summed E-state index contributed by atoms with van der Waals surface area (Å²) in [6.07, 6.45) is 5.51. The lowest BCUT2D eigenvalue weighted by atomic mass is 9.88. The molecule has 102 valence electrons. The summed E-state index contributed by atoms with van der Waals surface area (Å²) in [4.78, 5) is 1.40. The van der Waals surface area contributed by atoms with E-state index in [9.17, 15) is 0 Å². The Balaban J connectivity index is 1.99. The van der Waals surface area contributed by atoms with Gasteiger partial charge in [0.25, 0.3) is 0 Å². The Bertz CT molecular complexity index is 655. The Kier molecular flexibility index (Phi) is 3.20. The van der Waals surface area contributed by atoms with Crippen LogP contribution in [0.4, 0.5) is 0 Å². The smallest absolute Gasteiger partial charge is 0.0488 e. The highest BCUT2D eigenvalue weighted by atomic mass is 32.2. The molecule has 3 aliphatic rings. The lowest BCUT2D eigenvalue weighted by molar-refractivity contribution is 0.768. The average Bonchev–Trinajstić information content (AvgIpc) is 2.66.